The van der Waals surface area contributed by atoms with E-state index in [1.54, 1.807) is 12.3 Å². The molecular formula is C10H12N2O2S. The van der Waals surface area contributed by atoms with Crippen molar-refractivity contribution in [3.63, 3.8) is 0 Å². The maximum Gasteiger partial charge on any atom is 0.354 e. The third-order valence-electron chi connectivity index (χ3n) is 2.34. The first-order valence-electron chi connectivity index (χ1n) is 4.79. The van der Waals surface area contributed by atoms with E-state index in [2.05, 4.69) is 9.88 Å². The van der Waals surface area contributed by atoms with E-state index in [4.69, 9.17) is 5.11 Å². The summed E-state index contributed by atoms with van der Waals surface area (Å²) in [4.78, 5) is 16.7. The molecule has 0 saturated carbocycles. The molecule has 4 nitrogen and oxygen atoms in total. The fourth-order valence-electron chi connectivity index (χ4n) is 1.52. The first kappa shape index (κ1) is 10.3. The minimum atomic E-state index is -0.976. The van der Waals surface area contributed by atoms with Gasteiger partial charge in [0, 0.05) is 24.6 Å². The summed E-state index contributed by atoms with van der Waals surface area (Å²) >= 11 is 1.95. The molecule has 80 valence electrons. The van der Waals surface area contributed by atoms with Gasteiger partial charge >= 0.3 is 5.97 Å². The van der Waals surface area contributed by atoms with Crippen LogP contribution < -0.4 is 4.90 Å². The lowest BCUT2D eigenvalue weighted by Gasteiger charge is -2.28. The largest absolute Gasteiger partial charge is 0.477 e. The zero-order valence-electron chi connectivity index (χ0n) is 8.22. The van der Waals surface area contributed by atoms with Gasteiger partial charge in [0.05, 0.1) is 11.9 Å². The summed E-state index contributed by atoms with van der Waals surface area (Å²) in [7, 11) is 0. The van der Waals surface area contributed by atoms with Gasteiger partial charge < -0.3 is 10.0 Å². The Morgan fingerprint density at radius 2 is 2.13 bits per heavy atom. The lowest BCUT2D eigenvalue weighted by Crippen LogP contribution is -2.32. The summed E-state index contributed by atoms with van der Waals surface area (Å²) in [5.41, 5.74) is 1.12. The van der Waals surface area contributed by atoms with Crippen LogP contribution >= 0.6 is 11.8 Å². The van der Waals surface area contributed by atoms with Crippen LogP contribution in [0.3, 0.4) is 0 Å². The van der Waals surface area contributed by atoms with Crippen LogP contribution in [-0.4, -0.2) is 40.7 Å². The number of carbonyl (C=O) groups is 1. The second kappa shape index (κ2) is 4.53. The van der Waals surface area contributed by atoms with Crippen LogP contribution in [0.4, 0.5) is 5.69 Å². The standard InChI is InChI=1S/C10H12N2O2S/c13-10(14)9-2-1-8(7-11-9)12-3-5-15-6-4-12/h1-2,7H,3-6H2,(H,13,14). The van der Waals surface area contributed by atoms with E-state index in [1.165, 1.54) is 0 Å². The van der Waals surface area contributed by atoms with Crippen LogP contribution in [0, 0.1) is 0 Å². The Labute approximate surface area is 92.3 Å². The summed E-state index contributed by atoms with van der Waals surface area (Å²) in [5, 5.41) is 8.71. The number of pyridine rings is 1. The smallest absolute Gasteiger partial charge is 0.354 e. The van der Waals surface area contributed by atoms with Gasteiger partial charge in [-0.15, -0.1) is 0 Å². The first-order valence-corrected chi connectivity index (χ1v) is 5.95. The SMILES string of the molecule is O=C(O)c1ccc(N2CCSCC2)cn1. The number of hydrogen-bond donors (Lipinski definition) is 1. The van der Waals surface area contributed by atoms with Gasteiger partial charge in [-0.2, -0.15) is 11.8 Å². The van der Waals surface area contributed by atoms with Gasteiger partial charge in [0.25, 0.3) is 0 Å². The number of rotatable bonds is 2. The highest BCUT2D eigenvalue weighted by atomic mass is 32.2. The van der Waals surface area contributed by atoms with E-state index < -0.39 is 5.97 Å². The molecule has 1 aromatic heterocycles. The Kier molecular flexibility index (Phi) is 3.11. The fourth-order valence-corrected chi connectivity index (χ4v) is 2.42. The van der Waals surface area contributed by atoms with Gasteiger partial charge in [-0.05, 0) is 12.1 Å². The zero-order valence-corrected chi connectivity index (χ0v) is 9.04. The normalized spacial score (nSPS) is 16.4. The van der Waals surface area contributed by atoms with Gasteiger partial charge in [0.15, 0.2) is 0 Å². The highest BCUT2D eigenvalue weighted by molar-refractivity contribution is 7.99. The second-order valence-corrected chi connectivity index (χ2v) is 4.53. The molecule has 0 amide bonds. The van der Waals surface area contributed by atoms with Gasteiger partial charge in [-0.25, -0.2) is 9.78 Å². The van der Waals surface area contributed by atoms with Gasteiger partial charge in [-0.1, -0.05) is 0 Å². The van der Waals surface area contributed by atoms with Crippen molar-refractivity contribution >= 4 is 23.4 Å². The average molecular weight is 224 g/mol. The Morgan fingerprint density at radius 1 is 1.40 bits per heavy atom. The minimum Gasteiger partial charge on any atom is -0.477 e. The molecule has 0 atom stereocenters. The van der Waals surface area contributed by atoms with Gasteiger partial charge in [-0.3, -0.25) is 0 Å². The molecule has 0 aromatic carbocycles. The topological polar surface area (TPSA) is 53.4 Å². The van der Waals surface area contributed by atoms with Crippen LogP contribution in [0.25, 0.3) is 0 Å². The van der Waals surface area contributed by atoms with Crippen molar-refractivity contribution in [1.29, 1.82) is 0 Å². The Balaban J connectivity index is 2.11. The quantitative estimate of drug-likeness (QED) is 0.821. The van der Waals surface area contributed by atoms with Crippen LogP contribution in [0.5, 0.6) is 0 Å². The average Bonchev–Trinajstić information content (AvgIpc) is 2.30. The van der Waals surface area contributed by atoms with E-state index in [0.29, 0.717) is 0 Å². The molecule has 0 bridgehead atoms. The number of hydrogen-bond acceptors (Lipinski definition) is 4. The van der Waals surface area contributed by atoms with Crippen molar-refractivity contribution in [3.8, 4) is 0 Å². The lowest BCUT2D eigenvalue weighted by molar-refractivity contribution is 0.0690. The molecule has 2 heterocycles. The molecule has 1 saturated heterocycles. The summed E-state index contributed by atoms with van der Waals surface area (Å²) in [5.74, 6) is 1.28. The second-order valence-electron chi connectivity index (χ2n) is 3.31. The van der Waals surface area contributed by atoms with Gasteiger partial charge in [0.2, 0.25) is 0 Å². The number of nitrogens with zero attached hydrogens (tertiary/aromatic N) is 2. The molecule has 0 unspecified atom stereocenters. The molecule has 1 aliphatic heterocycles. The maximum atomic E-state index is 10.6. The fraction of sp³-hybridized carbons (Fsp3) is 0.400. The highest BCUT2D eigenvalue weighted by Crippen LogP contribution is 2.18. The maximum absolute atomic E-state index is 10.6. The molecule has 0 radical (unpaired) electrons. The van der Waals surface area contributed by atoms with Crippen molar-refractivity contribution in [2.75, 3.05) is 29.5 Å². The van der Waals surface area contributed by atoms with E-state index >= 15 is 0 Å². The van der Waals surface area contributed by atoms with E-state index in [1.807, 2.05) is 17.8 Å². The van der Waals surface area contributed by atoms with Crippen LogP contribution in [0.1, 0.15) is 10.5 Å². The molecule has 0 spiro atoms. The molecule has 15 heavy (non-hydrogen) atoms. The minimum absolute atomic E-state index is 0.102. The molecular weight excluding hydrogens is 212 g/mol. The lowest BCUT2D eigenvalue weighted by atomic mass is 10.3. The third kappa shape index (κ3) is 2.41. The monoisotopic (exact) mass is 224 g/mol. The van der Waals surface area contributed by atoms with Crippen molar-refractivity contribution in [3.05, 3.63) is 24.0 Å². The van der Waals surface area contributed by atoms with E-state index in [0.717, 1.165) is 30.3 Å². The molecule has 0 aliphatic carbocycles. The predicted octanol–water partition coefficient (Wildman–Crippen LogP) is 1.33. The van der Waals surface area contributed by atoms with E-state index in [-0.39, 0.29) is 5.69 Å². The molecule has 1 aliphatic rings. The zero-order chi connectivity index (χ0) is 10.7. The number of carboxylic acid groups (broad SMARTS) is 1. The number of anilines is 1. The van der Waals surface area contributed by atoms with Gasteiger partial charge in [0.1, 0.15) is 5.69 Å². The number of thioether (sulfide) groups is 1. The molecule has 1 aromatic rings. The summed E-state index contributed by atoms with van der Waals surface area (Å²) in [6.07, 6.45) is 1.64. The number of aromatic carboxylic acids is 1. The third-order valence-corrected chi connectivity index (χ3v) is 3.29. The summed E-state index contributed by atoms with van der Waals surface area (Å²) in [6, 6.07) is 3.38. The Morgan fingerprint density at radius 3 is 2.67 bits per heavy atom. The molecule has 2 rings (SSSR count). The predicted molar refractivity (Wildman–Crippen MR) is 60.7 cm³/mol. The summed E-state index contributed by atoms with van der Waals surface area (Å²) < 4.78 is 0. The summed E-state index contributed by atoms with van der Waals surface area (Å²) in [6.45, 7) is 2.03. The number of carboxylic acids is 1. The molecule has 1 N–H and O–H groups in total. The Bertz CT molecular complexity index is 347. The van der Waals surface area contributed by atoms with Crippen LogP contribution in [0.15, 0.2) is 18.3 Å². The Hall–Kier alpha value is -1.23. The van der Waals surface area contributed by atoms with E-state index in [9.17, 15) is 4.79 Å². The first-order chi connectivity index (χ1) is 7.27. The highest BCUT2D eigenvalue weighted by Gasteiger charge is 2.12. The van der Waals surface area contributed by atoms with Crippen molar-refractivity contribution in [2.24, 2.45) is 0 Å². The van der Waals surface area contributed by atoms with Crippen molar-refractivity contribution < 1.29 is 9.90 Å². The van der Waals surface area contributed by atoms with Crippen LogP contribution in [-0.2, 0) is 0 Å². The number of aromatic nitrogens is 1. The van der Waals surface area contributed by atoms with Crippen molar-refractivity contribution in [1.82, 2.24) is 4.98 Å². The van der Waals surface area contributed by atoms with Crippen LogP contribution in [0.2, 0.25) is 0 Å². The molecule has 1 fully saturated rings. The van der Waals surface area contributed by atoms with Crippen molar-refractivity contribution in [2.45, 2.75) is 0 Å². The molecule has 5 heteroatoms.